The highest BCUT2D eigenvalue weighted by Gasteiger charge is 2.37. The van der Waals surface area contributed by atoms with Crippen molar-refractivity contribution in [2.75, 3.05) is 0 Å². The molecule has 7 aromatic rings. The third kappa shape index (κ3) is 4.23. The van der Waals surface area contributed by atoms with E-state index in [0.717, 1.165) is 27.9 Å². The van der Waals surface area contributed by atoms with Crippen molar-refractivity contribution >= 4 is 33.5 Å². The monoisotopic (exact) mass is 617 g/mol. The molecule has 48 heavy (non-hydrogen) atoms. The molecule has 0 amide bonds. The number of para-hydroxylation sites is 1. The van der Waals surface area contributed by atoms with Gasteiger partial charge in [-0.05, 0) is 64.2 Å². The maximum atomic E-state index is 9.58. The van der Waals surface area contributed by atoms with Gasteiger partial charge in [0.05, 0.1) is 22.7 Å². The molecule has 0 bridgehead atoms. The maximum absolute atomic E-state index is 9.58. The highest BCUT2D eigenvalue weighted by Crippen LogP contribution is 2.53. The summed E-state index contributed by atoms with van der Waals surface area (Å²) < 4.78 is 2.37. The van der Waals surface area contributed by atoms with Crippen LogP contribution >= 0.6 is 0 Å². The molecule has 0 fully saturated rings. The zero-order valence-corrected chi connectivity index (χ0v) is 26.6. The number of nitrogens with zero attached hydrogens (tertiary/aromatic N) is 4. The SMILES string of the molecule is CC1(C)c2ccccc2-c2c1ccc1c2c2ccccc2n1-c1cccc(C2=NC(c3ccccc3)NC(c3cccc(C#N)c3)=N2)c1. The van der Waals surface area contributed by atoms with E-state index in [1.165, 1.54) is 38.5 Å². The van der Waals surface area contributed by atoms with Gasteiger partial charge in [0.25, 0.3) is 0 Å². The Labute approximate surface area is 279 Å². The van der Waals surface area contributed by atoms with Gasteiger partial charge < -0.3 is 9.88 Å². The number of hydrogen-bond acceptors (Lipinski definition) is 4. The second kappa shape index (κ2) is 10.7. The molecule has 1 unspecified atom stereocenters. The Morgan fingerprint density at radius 1 is 0.708 bits per heavy atom. The quantitative estimate of drug-likeness (QED) is 0.214. The van der Waals surface area contributed by atoms with E-state index in [0.29, 0.717) is 17.2 Å². The number of nitrogens with one attached hydrogen (secondary N) is 1. The maximum Gasteiger partial charge on any atom is 0.159 e. The van der Waals surface area contributed by atoms with Gasteiger partial charge in [-0.3, -0.25) is 0 Å². The van der Waals surface area contributed by atoms with Crippen molar-refractivity contribution in [2.24, 2.45) is 9.98 Å². The molecule has 1 aliphatic heterocycles. The second-order valence-electron chi connectivity index (χ2n) is 13.0. The lowest BCUT2D eigenvalue weighted by molar-refractivity contribution is 0.661. The number of benzene rings is 6. The van der Waals surface area contributed by atoms with Crippen LogP contribution in [0.5, 0.6) is 0 Å². The fourth-order valence-corrected chi connectivity index (χ4v) is 7.58. The van der Waals surface area contributed by atoms with Crippen LogP contribution in [0, 0.1) is 11.3 Å². The largest absolute Gasteiger partial charge is 0.344 e. The average Bonchev–Trinajstić information content (AvgIpc) is 3.60. The summed E-state index contributed by atoms with van der Waals surface area (Å²) in [6, 6.07) is 50.7. The highest BCUT2D eigenvalue weighted by atomic mass is 15.2. The molecule has 1 N–H and O–H groups in total. The zero-order chi connectivity index (χ0) is 32.4. The van der Waals surface area contributed by atoms with Crippen LogP contribution in [0.25, 0.3) is 38.6 Å². The molecule has 2 heterocycles. The number of aliphatic imine (C=N–C) groups is 2. The molecule has 0 radical (unpaired) electrons. The molecule has 6 aromatic carbocycles. The number of fused-ring (bicyclic) bond motifs is 7. The van der Waals surface area contributed by atoms with E-state index in [2.05, 4.69) is 127 Å². The summed E-state index contributed by atoms with van der Waals surface area (Å²) in [6.07, 6.45) is -0.331. The first-order chi connectivity index (χ1) is 23.5. The smallest absolute Gasteiger partial charge is 0.159 e. The number of nitriles is 1. The number of rotatable bonds is 4. The van der Waals surface area contributed by atoms with Crippen LogP contribution in [0.1, 0.15) is 53.4 Å². The molecular formula is C43H31N5. The fraction of sp³-hybridized carbons (Fsp3) is 0.0930. The van der Waals surface area contributed by atoms with Crippen LogP contribution in [0.2, 0.25) is 0 Å². The van der Waals surface area contributed by atoms with Crippen molar-refractivity contribution in [2.45, 2.75) is 25.4 Å². The van der Waals surface area contributed by atoms with Crippen LogP contribution in [0.4, 0.5) is 0 Å². The summed E-state index contributed by atoms with van der Waals surface area (Å²) >= 11 is 0. The lowest BCUT2D eigenvalue weighted by Gasteiger charge is -2.24. The topological polar surface area (TPSA) is 65.5 Å². The summed E-state index contributed by atoms with van der Waals surface area (Å²) in [7, 11) is 0. The van der Waals surface area contributed by atoms with E-state index in [9.17, 15) is 5.26 Å². The van der Waals surface area contributed by atoms with Gasteiger partial charge in [-0.15, -0.1) is 0 Å². The van der Waals surface area contributed by atoms with Gasteiger partial charge in [0.1, 0.15) is 12.0 Å². The van der Waals surface area contributed by atoms with Gasteiger partial charge in [0.2, 0.25) is 0 Å². The Balaban J connectivity index is 1.24. The van der Waals surface area contributed by atoms with Crippen molar-refractivity contribution < 1.29 is 0 Å². The Hall–Kier alpha value is -6.25. The molecule has 5 nitrogen and oxygen atoms in total. The highest BCUT2D eigenvalue weighted by molar-refractivity contribution is 6.18. The van der Waals surface area contributed by atoms with Gasteiger partial charge in [0, 0.05) is 33.0 Å². The lowest BCUT2D eigenvalue weighted by Crippen LogP contribution is -2.33. The zero-order valence-electron chi connectivity index (χ0n) is 26.6. The summed E-state index contributed by atoms with van der Waals surface area (Å²) in [4.78, 5) is 10.2. The summed E-state index contributed by atoms with van der Waals surface area (Å²) in [5, 5.41) is 15.6. The van der Waals surface area contributed by atoms with E-state index in [1.54, 1.807) is 6.07 Å². The minimum atomic E-state index is -0.331. The molecule has 5 heteroatoms. The summed E-state index contributed by atoms with van der Waals surface area (Å²) in [6.45, 7) is 4.67. The van der Waals surface area contributed by atoms with Gasteiger partial charge in [-0.1, -0.05) is 117 Å². The molecule has 1 aromatic heterocycles. The summed E-state index contributed by atoms with van der Waals surface area (Å²) in [5.74, 6) is 1.32. The standard InChI is InChI=1S/C43H31N5/c1-43(2)34-20-8-6-18-32(34)38-35(43)22-23-37-39(38)33-19-7-9-21-36(33)48(37)31-17-11-16-30(25-31)42-46-40(28-13-4-3-5-14-28)45-41(47-42)29-15-10-12-27(24-29)26-44/h3-25,40H,1-2H3,(H,45,46,47). The van der Waals surface area contributed by atoms with Crippen LogP contribution < -0.4 is 5.32 Å². The Kier molecular flexibility index (Phi) is 6.22. The van der Waals surface area contributed by atoms with E-state index < -0.39 is 0 Å². The molecule has 1 atom stereocenters. The van der Waals surface area contributed by atoms with Crippen LogP contribution in [-0.2, 0) is 5.41 Å². The first kappa shape index (κ1) is 28.0. The molecular weight excluding hydrogens is 587 g/mol. The van der Waals surface area contributed by atoms with Gasteiger partial charge in [-0.25, -0.2) is 9.98 Å². The lowest BCUT2D eigenvalue weighted by atomic mass is 9.82. The Morgan fingerprint density at radius 3 is 2.35 bits per heavy atom. The van der Waals surface area contributed by atoms with Crippen molar-refractivity contribution in [3.63, 3.8) is 0 Å². The van der Waals surface area contributed by atoms with Crippen molar-refractivity contribution in [3.8, 4) is 22.9 Å². The van der Waals surface area contributed by atoms with Gasteiger partial charge in [-0.2, -0.15) is 5.26 Å². The third-order valence-corrected chi connectivity index (χ3v) is 9.87. The molecule has 2 aliphatic rings. The predicted octanol–water partition coefficient (Wildman–Crippen LogP) is 9.46. The fourth-order valence-electron chi connectivity index (χ4n) is 7.58. The predicted molar refractivity (Wildman–Crippen MR) is 195 cm³/mol. The van der Waals surface area contributed by atoms with Gasteiger partial charge in [0.15, 0.2) is 5.84 Å². The second-order valence-corrected chi connectivity index (χ2v) is 13.0. The number of hydrogen-bond donors (Lipinski definition) is 1. The normalized spacial score (nSPS) is 16.1. The molecule has 0 spiro atoms. The van der Waals surface area contributed by atoms with E-state index in [4.69, 9.17) is 9.98 Å². The molecule has 0 saturated heterocycles. The Morgan fingerprint density at radius 2 is 1.48 bits per heavy atom. The molecule has 1 aliphatic carbocycles. The van der Waals surface area contributed by atoms with Crippen LogP contribution in [-0.4, -0.2) is 16.2 Å². The van der Waals surface area contributed by atoms with E-state index in [1.807, 2.05) is 36.4 Å². The van der Waals surface area contributed by atoms with Crippen molar-refractivity contribution in [1.82, 2.24) is 9.88 Å². The van der Waals surface area contributed by atoms with Crippen molar-refractivity contribution in [1.29, 1.82) is 5.26 Å². The molecule has 0 saturated carbocycles. The minimum Gasteiger partial charge on any atom is -0.344 e. The van der Waals surface area contributed by atoms with E-state index >= 15 is 0 Å². The van der Waals surface area contributed by atoms with Gasteiger partial charge >= 0.3 is 0 Å². The van der Waals surface area contributed by atoms with Crippen LogP contribution in [0.15, 0.2) is 150 Å². The number of aromatic nitrogens is 1. The molecule has 228 valence electrons. The average molecular weight is 618 g/mol. The first-order valence-corrected chi connectivity index (χ1v) is 16.3. The van der Waals surface area contributed by atoms with Crippen LogP contribution in [0.3, 0.4) is 0 Å². The minimum absolute atomic E-state index is 0.0752. The third-order valence-electron chi connectivity index (χ3n) is 9.87. The first-order valence-electron chi connectivity index (χ1n) is 16.3. The van der Waals surface area contributed by atoms with E-state index in [-0.39, 0.29) is 11.6 Å². The Bertz CT molecular complexity index is 2530. The van der Waals surface area contributed by atoms with Crippen molar-refractivity contribution in [3.05, 3.63) is 173 Å². The summed E-state index contributed by atoms with van der Waals surface area (Å²) in [5.41, 5.74) is 12.1. The number of amidine groups is 2. The molecule has 9 rings (SSSR count).